The maximum Gasteiger partial charge on any atom is 0.237 e. The largest absolute Gasteiger partial charge is 0.384 e. The molecule has 0 spiro atoms. The molecule has 30 heavy (non-hydrogen) atoms. The summed E-state index contributed by atoms with van der Waals surface area (Å²) in [6.45, 7) is 2.12. The number of benzene rings is 2. The molecule has 8 nitrogen and oxygen atoms in total. The summed E-state index contributed by atoms with van der Waals surface area (Å²) in [7, 11) is 0. The van der Waals surface area contributed by atoms with Gasteiger partial charge < -0.3 is 21.9 Å². The minimum absolute atomic E-state index is 0.0170. The summed E-state index contributed by atoms with van der Waals surface area (Å²) in [5.74, 6) is -0.854. The Hall–Kier alpha value is -3.23. The predicted octanol–water partition coefficient (Wildman–Crippen LogP) is 0.423. The molecule has 158 valence electrons. The molecule has 3 rings (SSSR count). The molecule has 1 aliphatic heterocycles. The molecule has 2 aromatic rings. The number of nitrogens with two attached hydrogens (primary N) is 2. The Balaban J connectivity index is 1.69. The molecular weight excluding hydrogens is 382 g/mol. The summed E-state index contributed by atoms with van der Waals surface area (Å²) < 4.78 is 0. The average molecular weight is 409 g/mol. The molecule has 0 radical (unpaired) electrons. The molecule has 0 aromatic heterocycles. The van der Waals surface area contributed by atoms with Crippen LogP contribution in [0.5, 0.6) is 0 Å². The van der Waals surface area contributed by atoms with Crippen LogP contribution in [0.15, 0.2) is 54.6 Å². The summed E-state index contributed by atoms with van der Waals surface area (Å²) in [6.07, 6.45) is 0.135. The lowest BCUT2D eigenvalue weighted by Crippen LogP contribution is -2.51. The Morgan fingerprint density at radius 3 is 2.40 bits per heavy atom. The van der Waals surface area contributed by atoms with Crippen molar-refractivity contribution in [3.05, 3.63) is 71.3 Å². The Bertz CT molecular complexity index is 932. The molecular formula is C22H27N5O3. The third-order valence-electron chi connectivity index (χ3n) is 5.62. The van der Waals surface area contributed by atoms with E-state index in [4.69, 9.17) is 16.9 Å². The number of nitrogens with one attached hydrogen (secondary N) is 2. The van der Waals surface area contributed by atoms with E-state index >= 15 is 0 Å². The van der Waals surface area contributed by atoms with E-state index in [0.29, 0.717) is 17.7 Å². The fourth-order valence-corrected chi connectivity index (χ4v) is 3.83. The van der Waals surface area contributed by atoms with Crippen molar-refractivity contribution in [2.45, 2.75) is 37.6 Å². The molecule has 1 heterocycles. The highest BCUT2D eigenvalue weighted by molar-refractivity contribution is 5.94. The van der Waals surface area contributed by atoms with E-state index < -0.39 is 23.6 Å². The van der Waals surface area contributed by atoms with Crippen molar-refractivity contribution in [3.8, 4) is 0 Å². The van der Waals surface area contributed by atoms with Gasteiger partial charge in [-0.15, -0.1) is 0 Å². The Morgan fingerprint density at radius 2 is 1.83 bits per heavy atom. The van der Waals surface area contributed by atoms with E-state index in [1.54, 1.807) is 48.2 Å². The number of hydrogen-bond acceptors (Lipinski definition) is 5. The van der Waals surface area contributed by atoms with Crippen molar-refractivity contribution in [3.63, 3.8) is 0 Å². The van der Waals surface area contributed by atoms with Crippen molar-refractivity contribution in [2.24, 2.45) is 11.5 Å². The van der Waals surface area contributed by atoms with Crippen LogP contribution in [-0.4, -0.2) is 46.3 Å². The first-order valence-electron chi connectivity index (χ1n) is 9.75. The van der Waals surface area contributed by atoms with Crippen LogP contribution in [0, 0.1) is 5.41 Å². The van der Waals surface area contributed by atoms with Gasteiger partial charge in [0.05, 0.1) is 12.1 Å². The first-order chi connectivity index (χ1) is 14.2. The van der Waals surface area contributed by atoms with Crippen molar-refractivity contribution < 1.29 is 14.7 Å². The molecule has 2 amide bonds. The molecule has 1 aliphatic rings. The van der Waals surface area contributed by atoms with Gasteiger partial charge in [-0.3, -0.25) is 19.9 Å². The summed E-state index contributed by atoms with van der Waals surface area (Å²) >= 11 is 0. The zero-order valence-electron chi connectivity index (χ0n) is 16.8. The van der Waals surface area contributed by atoms with E-state index in [0.717, 1.165) is 5.56 Å². The molecule has 7 N–H and O–H groups in total. The van der Waals surface area contributed by atoms with E-state index in [9.17, 15) is 14.7 Å². The molecule has 0 bridgehead atoms. The van der Waals surface area contributed by atoms with Crippen LogP contribution in [0.2, 0.25) is 0 Å². The quantitative estimate of drug-likeness (QED) is 0.332. The Morgan fingerprint density at radius 1 is 1.20 bits per heavy atom. The zero-order chi connectivity index (χ0) is 21.9. The van der Waals surface area contributed by atoms with Gasteiger partial charge in [0.25, 0.3) is 0 Å². The van der Waals surface area contributed by atoms with Gasteiger partial charge in [-0.25, -0.2) is 0 Å². The lowest BCUT2D eigenvalue weighted by Gasteiger charge is -2.28. The number of primary amides is 1. The van der Waals surface area contributed by atoms with Crippen molar-refractivity contribution in [2.75, 3.05) is 6.54 Å². The van der Waals surface area contributed by atoms with Crippen molar-refractivity contribution in [1.82, 2.24) is 10.2 Å². The summed E-state index contributed by atoms with van der Waals surface area (Å²) in [5, 5.41) is 21.4. The maximum absolute atomic E-state index is 12.8. The summed E-state index contributed by atoms with van der Waals surface area (Å²) in [5.41, 5.74) is 11.9. The first kappa shape index (κ1) is 21.5. The van der Waals surface area contributed by atoms with E-state index in [1.807, 2.05) is 18.2 Å². The van der Waals surface area contributed by atoms with Crippen LogP contribution in [0.4, 0.5) is 0 Å². The molecule has 1 fully saturated rings. The predicted molar refractivity (Wildman–Crippen MR) is 113 cm³/mol. The van der Waals surface area contributed by atoms with Gasteiger partial charge >= 0.3 is 0 Å². The third kappa shape index (κ3) is 4.50. The number of rotatable bonds is 7. The number of nitrogens with zero attached hydrogens (tertiary/aromatic N) is 1. The normalized spacial score (nSPS) is 22.4. The second-order valence-electron chi connectivity index (χ2n) is 7.70. The Labute approximate surface area is 175 Å². The van der Waals surface area contributed by atoms with Gasteiger partial charge in [0.1, 0.15) is 11.4 Å². The lowest BCUT2D eigenvalue weighted by molar-refractivity contribution is -0.129. The number of carbonyl (C=O) groups excluding carboxylic acids is 2. The van der Waals surface area contributed by atoms with Crippen LogP contribution in [-0.2, 0) is 21.7 Å². The lowest BCUT2D eigenvalue weighted by atomic mass is 9.91. The topological polar surface area (TPSA) is 146 Å². The smallest absolute Gasteiger partial charge is 0.237 e. The highest BCUT2D eigenvalue weighted by Gasteiger charge is 2.48. The summed E-state index contributed by atoms with van der Waals surface area (Å²) in [4.78, 5) is 26.4. The maximum atomic E-state index is 12.8. The molecule has 2 aromatic carbocycles. The van der Waals surface area contributed by atoms with E-state index in [1.165, 1.54) is 0 Å². The second kappa shape index (κ2) is 8.64. The third-order valence-corrected chi connectivity index (χ3v) is 5.62. The molecule has 3 atom stereocenters. The number of carbonyl (C=O) groups is 2. The van der Waals surface area contributed by atoms with Gasteiger partial charge in [-0.1, -0.05) is 54.6 Å². The zero-order valence-corrected chi connectivity index (χ0v) is 16.8. The van der Waals surface area contributed by atoms with Gasteiger partial charge in [0.2, 0.25) is 11.8 Å². The number of hydrogen-bond donors (Lipinski definition) is 5. The number of aliphatic hydroxyl groups is 1. The van der Waals surface area contributed by atoms with Gasteiger partial charge in [-0.05, 0) is 18.1 Å². The monoisotopic (exact) mass is 409 g/mol. The Kier molecular flexibility index (Phi) is 6.19. The average Bonchev–Trinajstić information content (AvgIpc) is 3.11. The molecule has 8 heteroatoms. The second-order valence-corrected chi connectivity index (χ2v) is 7.70. The molecule has 1 saturated heterocycles. The first-order valence-corrected chi connectivity index (χ1v) is 9.75. The van der Waals surface area contributed by atoms with Gasteiger partial charge in [0, 0.05) is 25.1 Å². The van der Waals surface area contributed by atoms with Crippen molar-refractivity contribution >= 4 is 17.6 Å². The fraction of sp³-hybridized carbons (Fsp3) is 0.318. The van der Waals surface area contributed by atoms with E-state index in [-0.39, 0.29) is 24.7 Å². The SMILES string of the molecule is C[C@@H](C(=O)NCc1ccc(C(=N)N)cc1)N1CC(O)(c2ccccc2)CC1C(N)=O. The molecule has 0 saturated carbocycles. The van der Waals surface area contributed by atoms with Crippen LogP contribution in [0.1, 0.15) is 30.0 Å². The minimum Gasteiger partial charge on any atom is -0.384 e. The number of amides is 2. The minimum atomic E-state index is -1.25. The fourth-order valence-electron chi connectivity index (χ4n) is 3.83. The van der Waals surface area contributed by atoms with Crippen LogP contribution >= 0.6 is 0 Å². The molecule has 2 unspecified atom stereocenters. The molecule has 0 aliphatic carbocycles. The number of amidine groups is 1. The highest BCUT2D eigenvalue weighted by atomic mass is 16.3. The number of nitrogen functional groups attached to an aromatic ring is 1. The van der Waals surface area contributed by atoms with Gasteiger partial charge in [-0.2, -0.15) is 0 Å². The van der Waals surface area contributed by atoms with Gasteiger partial charge in [0.15, 0.2) is 0 Å². The van der Waals surface area contributed by atoms with Crippen LogP contribution in [0.3, 0.4) is 0 Å². The van der Waals surface area contributed by atoms with Crippen LogP contribution in [0.25, 0.3) is 0 Å². The standard InChI is InChI=1S/C22H27N5O3/c1-14(21(29)26-12-15-7-9-16(10-8-15)19(23)24)27-13-22(30,11-18(27)20(25)28)17-5-3-2-4-6-17/h2-10,14,18,30H,11-13H2,1H3,(H3,23,24)(H2,25,28)(H,26,29)/t14-,18?,22?/m0/s1. The number of β-amino-alcohol motifs (C(OH)–C–C–N with tert-alkyl or cyclic N) is 1. The highest BCUT2D eigenvalue weighted by Crippen LogP contribution is 2.36. The van der Waals surface area contributed by atoms with E-state index in [2.05, 4.69) is 5.32 Å². The number of likely N-dealkylation sites (tertiary alicyclic amines) is 1. The van der Waals surface area contributed by atoms with Crippen LogP contribution < -0.4 is 16.8 Å². The summed E-state index contributed by atoms with van der Waals surface area (Å²) in [6, 6.07) is 14.7. The van der Waals surface area contributed by atoms with Crippen molar-refractivity contribution in [1.29, 1.82) is 5.41 Å².